The third kappa shape index (κ3) is 3.06. The van der Waals surface area contributed by atoms with E-state index in [1.165, 1.54) is 0 Å². The summed E-state index contributed by atoms with van der Waals surface area (Å²) in [6.45, 7) is 0. The molecule has 0 radical (unpaired) electrons. The van der Waals surface area contributed by atoms with Gasteiger partial charge in [0.05, 0.1) is 0 Å². The molecule has 4 heteroatoms. The van der Waals surface area contributed by atoms with Crippen molar-refractivity contribution in [3.8, 4) is 6.19 Å². The van der Waals surface area contributed by atoms with E-state index in [0.717, 1.165) is 32.9 Å². The molecule has 4 aromatic carbocycles. The third-order valence-electron chi connectivity index (χ3n) is 4.25. The van der Waals surface area contributed by atoms with Crippen molar-refractivity contribution < 1.29 is 0 Å². The Kier molecular flexibility index (Phi) is 4.19. The van der Waals surface area contributed by atoms with Gasteiger partial charge in [-0.15, -0.1) is 4.99 Å². The summed E-state index contributed by atoms with van der Waals surface area (Å²) in [5.41, 5.74) is 1.79. The molecular weight excluding hydrogens is 320 g/mol. The largest absolute Gasteiger partial charge is 0.325 e. The second-order valence-electron chi connectivity index (χ2n) is 5.86. The molecule has 26 heavy (non-hydrogen) atoms. The highest BCUT2D eigenvalue weighted by Gasteiger charge is 2.07. The molecule has 0 saturated heterocycles. The first-order chi connectivity index (χ1) is 12.8. The molecular formula is C22H16N4. The molecule has 2 N–H and O–H groups in total. The van der Waals surface area contributed by atoms with Crippen LogP contribution in [0.3, 0.4) is 0 Å². The van der Waals surface area contributed by atoms with Crippen molar-refractivity contribution in [1.29, 1.82) is 5.26 Å². The van der Waals surface area contributed by atoms with Gasteiger partial charge in [0.25, 0.3) is 0 Å². The Labute approximate surface area is 151 Å². The van der Waals surface area contributed by atoms with E-state index in [2.05, 4.69) is 39.9 Å². The average Bonchev–Trinajstić information content (AvgIpc) is 2.69. The first-order valence-electron chi connectivity index (χ1n) is 8.31. The number of anilines is 2. The average molecular weight is 336 g/mol. The molecule has 0 spiro atoms. The summed E-state index contributed by atoms with van der Waals surface area (Å²) >= 11 is 0. The van der Waals surface area contributed by atoms with Crippen molar-refractivity contribution >= 4 is 38.9 Å². The molecule has 0 unspecified atom stereocenters. The molecule has 124 valence electrons. The van der Waals surface area contributed by atoms with Gasteiger partial charge in [-0.2, -0.15) is 5.26 Å². The topological polar surface area (TPSA) is 60.2 Å². The van der Waals surface area contributed by atoms with E-state index < -0.39 is 0 Å². The fourth-order valence-electron chi connectivity index (χ4n) is 3.06. The van der Waals surface area contributed by atoms with Crippen LogP contribution in [-0.2, 0) is 0 Å². The van der Waals surface area contributed by atoms with E-state index in [1.807, 2.05) is 66.9 Å². The van der Waals surface area contributed by atoms with Gasteiger partial charge in [-0.1, -0.05) is 72.8 Å². The summed E-state index contributed by atoms with van der Waals surface area (Å²) in [6, 6.07) is 28.2. The van der Waals surface area contributed by atoms with Crippen LogP contribution in [-0.4, -0.2) is 5.96 Å². The Hall–Kier alpha value is -3.84. The van der Waals surface area contributed by atoms with Crippen LogP contribution in [0.15, 0.2) is 89.9 Å². The zero-order valence-electron chi connectivity index (χ0n) is 14.0. The van der Waals surface area contributed by atoms with Crippen LogP contribution in [0.1, 0.15) is 0 Å². The van der Waals surface area contributed by atoms with Crippen molar-refractivity contribution in [3.63, 3.8) is 0 Å². The lowest BCUT2D eigenvalue weighted by molar-refractivity contribution is 1.42. The van der Waals surface area contributed by atoms with Gasteiger partial charge in [-0.3, -0.25) is 0 Å². The number of hydrogen-bond donors (Lipinski definition) is 2. The van der Waals surface area contributed by atoms with E-state index in [4.69, 9.17) is 5.26 Å². The first-order valence-corrected chi connectivity index (χ1v) is 8.31. The van der Waals surface area contributed by atoms with Crippen LogP contribution >= 0.6 is 0 Å². The minimum atomic E-state index is 0.389. The summed E-state index contributed by atoms with van der Waals surface area (Å²) in [5, 5.41) is 20.0. The molecule has 0 amide bonds. The molecule has 0 atom stereocenters. The molecule has 0 heterocycles. The third-order valence-corrected chi connectivity index (χ3v) is 4.25. The quantitative estimate of drug-likeness (QED) is 0.294. The Balaban J connectivity index is 1.71. The van der Waals surface area contributed by atoms with Crippen molar-refractivity contribution in [2.45, 2.75) is 0 Å². The summed E-state index contributed by atoms with van der Waals surface area (Å²) in [7, 11) is 0. The van der Waals surface area contributed by atoms with Crippen molar-refractivity contribution in [1.82, 2.24) is 0 Å². The van der Waals surface area contributed by atoms with E-state index in [9.17, 15) is 0 Å². The van der Waals surface area contributed by atoms with Crippen LogP contribution in [0.5, 0.6) is 0 Å². The molecule has 4 nitrogen and oxygen atoms in total. The minimum Gasteiger partial charge on any atom is -0.325 e. The Bertz CT molecular complexity index is 1060. The number of guanidine groups is 1. The predicted octanol–water partition coefficient (Wildman–Crippen LogP) is 5.35. The van der Waals surface area contributed by atoms with Crippen molar-refractivity contribution in [3.05, 3.63) is 84.9 Å². The maximum absolute atomic E-state index is 9.10. The molecule has 0 aliphatic carbocycles. The second-order valence-corrected chi connectivity index (χ2v) is 5.86. The van der Waals surface area contributed by atoms with Gasteiger partial charge in [0.2, 0.25) is 12.2 Å². The maximum Gasteiger partial charge on any atom is 0.216 e. The lowest BCUT2D eigenvalue weighted by Gasteiger charge is -2.14. The number of aliphatic imine (C=N–C) groups is 1. The minimum absolute atomic E-state index is 0.389. The summed E-state index contributed by atoms with van der Waals surface area (Å²) < 4.78 is 0. The van der Waals surface area contributed by atoms with Crippen molar-refractivity contribution in [2.24, 2.45) is 4.99 Å². The molecule has 0 bridgehead atoms. The second kappa shape index (κ2) is 6.96. The highest BCUT2D eigenvalue weighted by atomic mass is 15.2. The number of nitrogens with zero attached hydrogens (tertiary/aromatic N) is 2. The molecule has 4 rings (SSSR count). The summed E-state index contributed by atoms with van der Waals surface area (Å²) in [4.78, 5) is 3.93. The molecule has 0 saturated carbocycles. The van der Waals surface area contributed by atoms with E-state index in [-0.39, 0.29) is 0 Å². The lowest BCUT2D eigenvalue weighted by Crippen LogP contribution is -2.22. The first kappa shape index (κ1) is 15.7. The number of hydrogen-bond acceptors (Lipinski definition) is 2. The van der Waals surface area contributed by atoms with Crippen LogP contribution in [0.4, 0.5) is 11.4 Å². The molecule has 0 aliphatic rings. The molecule has 0 fully saturated rings. The van der Waals surface area contributed by atoms with Gasteiger partial charge in [0.15, 0.2) is 0 Å². The SMILES string of the molecule is N#CN=C(Nc1cccc2ccccc12)Nc1cccc2ccccc12. The highest BCUT2D eigenvalue weighted by molar-refractivity contribution is 6.11. The van der Waals surface area contributed by atoms with Gasteiger partial charge in [0.1, 0.15) is 0 Å². The number of fused-ring (bicyclic) bond motifs is 2. The Morgan fingerprint density at radius 2 is 1.12 bits per heavy atom. The zero-order valence-corrected chi connectivity index (χ0v) is 14.0. The predicted molar refractivity (Wildman–Crippen MR) is 108 cm³/mol. The van der Waals surface area contributed by atoms with Gasteiger partial charge in [-0.05, 0) is 22.9 Å². The Morgan fingerprint density at radius 3 is 1.62 bits per heavy atom. The summed E-state index contributed by atoms with van der Waals surface area (Å²) in [5.74, 6) is 0.389. The molecule has 4 aromatic rings. The van der Waals surface area contributed by atoms with E-state index in [1.54, 1.807) is 0 Å². The van der Waals surface area contributed by atoms with Crippen LogP contribution in [0.2, 0.25) is 0 Å². The highest BCUT2D eigenvalue weighted by Crippen LogP contribution is 2.25. The fourth-order valence-corrected chi connectivity index (χ4v) is 3.06. The Morgan fingerprint density at radius 1 is 0.654 bits per heavy atom. The monoisotopic (exact) mass is 336 g/mol. The van der Waals surface area contributed by atoms with E-state index in [0.29, 0.717) is 5.96 Å². The van der Waals surface area contributed by atoms with Gasteiger partial charge >= 0.3 is 0 Å². The number of nitrogens with one attached hydrogen (secondary N) is 2. The van der Waals surface area contributed by atoms with Gasteiger partial charge < -0.3 is 10.6 Å². The number of rotatable bonds is 2. The molecule has 0 aliphatic heterocycles. The standard InChI is InChI=1S/C22H16N4/c23-15-24-22(25-20-13-5-9-16-7-1-3-11-18(16)20)26-21-14-6-10-17-8-2-4-12-19(17)21/h1-14H,(H2,24,25,26). The normalized spacial score (nSPS) is 10.3. The fraction of sp³-hybridized carbons (Fsp3) is 0. The lowest BCUT2D eigenvalue weighted by atomic mass is 10.1. The zero-order chi connectivity index (χ0) is 17.8. The van der Waals surface area contributed by atoms with Crippen LogP contribution in [0, 0.1) is 11.5 Å². The van der Waals surface area contributed by atoms with Crippen molar-refractivity contribution in [2.75, 3.05) is 10.6 Å². The maximum atomic E-state index is 9.10. The molecule has 0 aromatic heterocycles. The van der Waals surface area contributed by atoms with Crippen LogP contribution < -0.4 is 10.6 Å². The summed E-state index contributed by atoms with van der Waals surface area (Å²) in [6.07, 6.45) is 1.87. The van der Waals surface area contributed by atoms with Gasteiger partial charge in [-0.25, -0.2) is 0 Å². The van der Waals surface area contributed by atoms with E-state index >= 15 is 0 Å². The smallest absolute Gasteiger partial charge is 0.216 e. The van der Waals surface area contributed by atoms with Gasteiger partial charge in [0, 0.05) is 22.1 Å². The number of benzene rings is 4. The number of nitriles is 1. The van der Waals surface area contributed by atoms with Crippen LogP contribution in [0.25, 0.3) is 21.5 Å².